The summed E-state index contributed by atoms with van der Waals surface area (Å²) in [5, 5.41) is 13.6. The molecular formula is C19H18N2O6. The zero-order valence-electron chi connectivity index (χ0n) is 14.7. The average molecular weight is 370 g/mol. The van der Waals surface area contributed by atoms with Crippen molar-refractivity contribution in [2.45, 2.75) is 13.0 Å². The number of hydrogen-bond donors (Lipinski definition) is 1. The average Bonchev–Trinajstić information content (AvgIpc) is 2.66. The topological polar surface area (TPSA) is 108 Å². The lowest BCUT2D eigenvalue weighted by atomic mass is 10.1. The SMILES string of the molecule is COc1ccccc1NC(=O)[C@H](C)OC(=O)/C=C/c1ccccc1[N+](=O)[O-]. The van der Waals surface area contributed by atoms with Gasteiger partial charge >= 0.3 is 5.97 Å². The number of para-hydroxylation sites is 3. The van der Waals surface area contributed by atoms with Crippen LogP contribution >= 0.6 is 0 Å². The molecule has 27 heavy (non-hydrogen) atoms. The zero-order chi connectivity index (χ0) is 19.8. The second-order valence-electron chi connectivity index (χ2n) is 5.42. The largest absolute Gasteiger partial charge is 0.495 e. The molecule has 8 heteroatoms. The molecule has 1 atom stereocenters. The minimum absolute atomic E-state index is 0.136. The molecule has 0 heterocycles. The van der Waals surface area contributed by atoms with Gasteiger partial charge in [-0.25, -0.2) is 4.79 Å². The predicted octanol–water partition coefficient (Wildman–Crippen LogP) is 3.19. The van der Waals surface area contributed by atoms with Gasteiger partial charge in [-0.05, 0) is 31.2 Å². The number of esters is 1. The molecule has 2 aromatic carbocycles. The number of benzene rings is 2. The summed E-state index contributed by atoms with van der Waals surface area (Å²) in [7, 11) is 1.47. The van der Waals surface area contributed by atoms with Crippen LogP contribution in [0.1, 0.15) is 12.5 Å². The second kappa shape index (κ2) is 9.14. The van der Waals surface area contributed by atoms with Crippen molar-refractivity contribution in [3.63, 3.8) is 0 Å². The molecule has 0 saturated carbocycles. The Morgan fingerprint density at radius 1 is 1.15 bits per heavy atom. The van der Waals surface area contributed by atoms with E-state index in [-0.39, 0.29) is 11.3 Å². The van der Waals surface area contributed by atoms with Gasteiger partial charge in [0.05, 0.1) is 23.3 Å². The van der Waals surface area contributed by atoms with E-state index in [1.165, 1.54) is 38.3 Å². The summed E-state index contributed by atoms with van der Waals surface area (Å²) in [5.41, 5.74) is 0.567. The highest BCUT2D eigenvalue weighted by atomic mass is 16.6. The third kappa shape index (κ3) is 5.40. The number of carbonyl (C=O) groups excluding carboxylic acids is 2. The van der Waals surface area contributed by atoms with Crippen LogP contribution in [0, 0.1) is 10.1 Å². The van der Waals surface area contributed by atoms with Gasteiger partial charge in [0.15, 0.2) is 6.10 Å². The van der Waals surface area contributed by atoms with Crippen molar-refractivity contribution in [1.29, 1.82) is 0 Å². The van der Waals surface area contributed by atoms with Gasteiger partial charge in [-0.1, -0.05) is 24.3 Å². The van der Waals surface area contributed by atoms with Crippen molar-refractivity contribution in [3.8, 4) is 5.75 Å². The van der Waals surface area contributed by atoms with Crippen molar-refractivity contribution < 1.29 is 24.0 Å². The first kappa shape index (κ1) is 19.6. The minimum Gasteiger partial charge on any atom is -0.495 e. The molecule has 140 valence electrons. The normalized spacial score (nSPS) is 11.6. The minimum atomic E-state index is -1.07. The highest BCUT2D eigenvalue weighted by molar-refractivity contribution is 5.97. The molecule has 1 amide bonds. The zero-order valence-corrected chi connectivity index (χ0v) is 14.7. The molecule has 0 radical (unpaired) electrons. The lowest BCUT2D eigenvalue weighted by Crippen LogP contribution is -2.29. The number of nitro benzene ring substituents is 1. The van der Waals surface area contributed by atoms with Crippen LogP contribution in [0.5, 0.6) is 5.75 Å². The van der Waals surface area contributed by atoms with Gasteiger partial charge in [0.2, 0.25) is 0 Å². The summed E-state index contributed by atoms with van der Waals surface area (Å²) in [6.07, 6.45) is 1.23. The van der Waals surface area contributed by atoms with Gasteiger partial charge in [-0.2, -0.15) is 0 Å². The number of amides is 1. The number of rotatable bonds is 7. The molecule has 8 nitrogen and oxygen atoms in total. The molecule has 0 unspecified atom stereocenters. The molecule has 1 N–H and O–H groups in total. The number of nitro groups is 1. The van der Waals surface area contributed by atoms with Crippen LogP contribution in [0.2, 0.25) is 0 Å². The highest BCUT2D eigenvalue weighted by Crippen LogP contribution is 2.23. The maximum atomic E-state index is 12.2. The van der Waals surface area contributed by atoms with E-state index in [1.807, 2.05) is 0 Å². The van der Waals surface area contributed by atoms with Crippen LogP contribution in [0.4, 0.5) is 11.4 Å². The predicted molar refractivity (Wildman–Crippen MR) is 99.3 cm³/mol. The molecular weight excluding hydrogens is 352 g/mol. The van der Waals surface area contributed by atoms with Gasteiger partial charge in [0.25, 0.3) is 11.6 Å². The van der Waals surface area contributed by atoms with Crippen LogP contribution in [-0.2, 0) is 14.3 Å². The summed E-state index contributed by atoms with van der Waals surface area (Å²) in [6, 6.07) is 12.8. The van der Waals surface area contributed by atoms with Crippen molar-refractivity contribution in [1.82, 2.24) is 0 Å². The Balaban J connectivity index is 1.99. The van der Waals surface area contributed by atoms with Crippen molar-refractivity contribution >= 4 is 29.3 Å². The van der Waals surface area contributed by atoms with E-state index in [9.17, 15) is 19.7 Å². The van der Waals surface area contributed by atoms with E-state index in [4.69, 9.17) is 9.47 Å². The van der Waals surface area contributed by atoms with Crippen LogP contribution in [-0.4, -0.2) is 30.0 Å². The molecule has 0 spiro atoms. The maximum absolute atomic E-state index is 12.2. The number of methoxy groups -OCH3 is 1. The monoisotopic (exact) mass is 370 g/mol. The third-order valence-corrected chi connectivity index (χ3v) is 3.56. The lowest BCUT2D eigenvalue weighted by molar-refractivity contribution is -0.385. The Labute approximate surface area is 155 Å². The first-order chi connectivity index (χ1) is 12.9. The van der Waals surface area contributed by atoms with Gasteiger partial charge in [0, 0.05) is 12.1 Å². The number of nitrogens with zero attached hydrogens (tertiary/aromatic N) is 1. The fourth-order valence-electron chi connectivity index (χ4n) is 2.20. The van der Waals surface area contributed by atoms with Crippen molar-refractivity contribution in [2.75, 3.05) is 12.4 Å². The molecule has 0 aliphatic carbocycles. The maximum Gasteiger partial charge on any atom is 0.331 e. The second-order valence-corrected chi connectivity index (χ2v) is 5.42. The summed E-state index contributed by atoms with van der Waals surface area (Å²) >= 11 is 0. The Hall–Kier alpha value is -3.68. The molecule has 0 bridgehead atoms. The Morgan fingerprint density at radius 3 is 2.52 bits per heavy atom. The molecule has 0 aliphatic rings. The molecule has 0 aliphatic heterocycles. The van der Waals surface area contributed by atoms with E-state index in [2.05, 4.69) is 5.32 Å². The van der Waals surface area contributed by atoms with Gasteiger partial charge in [0.1, 0.15) is 5.75 Å². The summed E-state index contributed by atoms with van der Waals surface area (Å²) in [6.45, 7) is 1.42. The molecule has 0 fully saturated rings. The summed E-state index contributed by atoms with van der Waals surface area (Å²) in [4.78, 5) is 34.5. The standard InChI is InChI=1S/C19H18N2O6/c1-13(19(23)20-15-8-4-6-10-17(15)26-2)27-18(22)12-11-14-7-3-5-9-16(14)21(24)25/h3-13H,1-2H3,(H,20,23)/b12-11+/t13-/m0/s1. The summed E-state index contributed by atoms with van der Waals surface area (Å²) < 4.78 is 10.2. The van der Waals surface area contributed by atoms with Gasteiger partial charge in [-0.15, -0.1) is 0 Å². The van der Waals surface area contributed by atoms with E-state index in [0.717, 1.165) is 6.08 Å². The Bertz CT molecular complexity index is 878. The van der Waals surface area contributed by atoms with Gasteiger partial charge < -0.3 is 14.8 Å². The molecule has 0 saturated heterocycles. The number of nitrogens with one attached hydrogen (secondary N) is 1. The fraction of sp³-hybridized carbons (Fsp3) is 0.158. The van der Waals surface area contributed by atoms with E-state index < -0.39 is 22.9 Å². The molecule has 0 aromatic heterocycles. The smallest absolute Gasteiger partial charge is 0.331 e. The van der Waals surface area contributed by atoms with Crippen LogP contribution < -0.4 is 10.1 Å². The highest BCUT2D eigenvalue weighted by Gasteiger charge is 2.18. The van der Waals surface area contributed by atoms with Crippen molar-refractivity contribution in [2.24, 2.45) is 0 Å². The number of ether oxygens (including phenoxy) is 2. The Morgan fingerprint density at radius 2 is 1.81 bits per heavy atom. The molecule has 2 aromatic rings. The quantitative estimate of drug-likeness (QED) is 0.347. The number of hydrogen-bond acceptors (Lipinski definition) is 6. The number of carbonyl (C=O) groups is 2. The van der Waals surface area contributed by atoms with Crippen LogP contribution in [0.25, 0.3) is 6.08 Å². The van der Waals surface area contributed by atoms with Crippen LogP contribution in [0.15, 0.2) is 54.6 Å². The summed E-state index contributed by atoms with van der Waals surface area (Å²) in [5.74, 6) is -0.858. The third-order valence-electron chi connectivity index (χ3n) is 3.56. The number of anilines is 1. The molecule has 2 rings (SSSR count). The van der Waals surface area contributed by atoms with Crippen LogP contribution in [0.3, 0.4) is 0 Å². The van der Waals surface area contributed by atoms with E-state index in [0.29, 0.717) is 11.4 Å². The van der Waals surface area contributed by atoms with Crippen molar-refractivity contribution in [3.05, 3.63) is 70.3 Å². The Kier molecular flexibility index (Phi) is 6.65. The first-order valence-electron chi connectivity index (χ1n) is 7.98. The van der Waals surface area contributed by atoms with E-state index in [1.54, 1.807) is 30.3 Å². The van der Waals surface area contributed by atoms with E-state index >= 15 is 0 Å². The lowest BCUT2D eigenvalue weighted by Gasteiger charge is -2.14. The van der Waals surface area contributed by atoms with Gasteiger partial charge in [-0.3, -0.25) is 14.9 Å². The fourth-order valence-corrected chi connectivity index (χ4v) is 2.20. The first-order valence-corrected chi connectivity index (χ1v) is 7.98.